The van der Waals surface area contributed by atoms with Gasteiger partial charge in [0.1, 0.15) is 0 Å². The molecule has 0 aromatic heterocycles. The Labute approximate surface area is 132 Å². The second-order valence-corrected chi connectivity index (χ2v) is 6.17. The highest BCUT2D eigenvalue weighted by Gasteiger charge is 2.21. The van der Waals surface area contributed by atoms with Gasteiger partial charge in [-0.3, -0.25) is 4.79 Å². The Hall–Kier alpha value is -1.93. The van der Waals surface area contributed by atoms with Gasteiger partial charge in [0.2, 0.25) is 0 Å². The fraction of sp³-hybridized carbons (Fsp3) is 0.350. The SMILES string of the molecule is CCCc1cccc2c1CCC(N)C(=O)C2.c1cc2cc-2c1. The molecule has 0 spiro atoms. The average molecular weight is 293 g/mol. The highest BCUT2D eigenvalue weighted by atomic mass is 16.1. The normalized spacial score (nSPS) is 17.9. The van der Waals surface area contributed by atoms with Crippen LogP contribution in [0.15, 0.2) is 42.5 Å². The lowest BCUT2D eigenvalue weighted by molar-refractivity contribution is -0.119. The van der Waals surface area contributed by atoms with Gasteiger partial charge in [-0.1, -0.05) is 49.7 Å². The lowest BCUT2D eigenvalue weighted by atomic mass is 9.94. The first-order valence-corrected chi connectivity index (χ1v) is 8.17. The van der Waals surface area contributed by atoms with Crippen molar-refractivity contribution in [3.63, 3.8) is 0 Å². The van der Waals surface area contributed by atoms with Crippen molar-refractivity contribution in [1.29, 1.82) is 0 Å². The summed E-state index contributed by atoms with van der Waals surface area (Å²) in [5, 5.41) is 0. The van der Waals surface area contributed by atoms with Crippen LogP contribution < -0.4 is 5.73 Å². The summed E-state index contributed by atoms with van der Waals surface area (Å²) >= 11 is 0. The molecule has 1 atom stereocenters. The monoisotopic (exact) mass is 293 g/mol. The number of ketones is 1. The number of fused-ring (bicyclic) bond motifs is 2. The minimum Gasteiger partial charge on any atom is -0.321 e. The van der Waals surface area contributed by atoms with Crippen LogP contribution >= 0.6 is 0 Å². The lowest BCUT2D eigenvalue weighted by Gasteiger charge is -2.10. The van der Waals surface area contributed by atoms with Crippen LogP contribution in [0.5, 0.6) is 0 Å². The molecule has 3 aliphatic carbocycles. The smallest absolute Gasteiger partial charge is 0.153 e. The van der Waals surface area contributed by atoms with Gasteiger partial charge >= 0.3 is 0 Å². The fourth-order valence-electron chi connectivity index (χ4n) is 3.13. The van der Waals surface area contributed by atoms with Crippen LogP contribution in [0, 0.1) is 0 Å². The van der Waals surface area contributed by atoms with E-state index in [1.54, 1.807) is 0 Å². The summed E-state index contributed by atoms with van der Waals surface area (Å²) in [5.41, 5.74) is 12.7. The van der Waals surface area contributed by atoms with Crippen LogP contribution in [0.25, 0.3) is 11.1 Å². The first-order chi connectivity index (χ1) is 10.7. The van der Waals surface area contributed by atoms with Gasteiger partial charge in [-0.15, -0.1) is 0 Å². The second kappa shape index (κ2) is 6.45. The number of nitrogens with two attached hydrogens (primary N) is 1. The van der Waals surface area contributed by atoms with E-state index in [4.69, 9.17) is 5.73 Å². The Bertz CT molecular complexity index is 673. The van der Waals surface area contributed by atoms with E-state index in [-0.39, 0.29) is 11.8 Å². The van der Waals surface area contributed by atoms with E-state index in [1.165, 1.54) is 27.8 Å². The minimum atomic E-state index is -0.262. The number of hydrogen-bond donors (Lipinski definition) is 1. The van der Waals surface area contributed by atoms with E-state index >= 15 is 0 Å². The molecule has 1 aromatic carbocycles. The van der Waals surface area contributed by atoms with E-state index in [1.807, 2.05) is 0 Å². The molecule has 0 aliphatic heterocycles. The Morgan fingerprint density at radius 2 is 1.86 bits per heavy atom. The van der Waals surface area contributed by atoms with E-state index < -0.39 is 0 Å². The van der Waals surface area contributed by atoms with Gasteiger partial charge < -0.3 is 5.73 Å². The van der Waals surface area contributed by atoms with Crippen molar-refractivity contribution in [2.45, 2.75) is 45.1 Å². The molecule has 1 unspecified atom stereocenters. The minimum absolute atomic E-state index is 0.187. The molecule has 114 valence electrons. The van der Waals surface area contributed by atoms with Crippen LogP contribution in [-0.2, 0) is 24.1 Å². The standard InChI is InChI=1S/C14H19NO.C6H4/c1-2-4-10-5-3-6-11-9-14(16)13(15)8-7-12(10)11;1-2-5-4-6(5)3-1/h3,5-6,13H,2,4,7-9,15H2,1H3;1-4H. The molecule has 2 heteroatoms. The second-order valence-electron chi connectivity index (χ2n) is 6.17. The average Bonchev–Trinajstić information content (AvgIpc) is 3.16. The van der Waals surface area contributed by atoms with Gasteiger partial charge in [0, 0.05) is 6.42 Å². The Balaban J connectivity index is 0.000000196. The maximum atomic E-state index is 11.7. The van der Waals surface area contributed by atoms with Gasteiger partial charge in [-0.25, -0.2) is 0 Å². The summed E-state index contributed by atoms with van der Waals surface area (Å²) in [6.45, 7) is 2.19. The molecule has 1 aromatic rings. The number of aryl methyl sites for hydroxylation is 1. The van der Waals surface area contributed by atoms with Gasteiger partial charge in [0.25, 0.3) is 0 Å². The van der Waals surface area contributed by atoms with Crippen molar-refractivity contribution < 1.29 is 4.79 Å². The third kappa shape index (κ3) is 3.28. The largest absolute Gasteiger partial charge is 0.321 e. The summed E-state index contributed by atoms with van der Waals surface area (Å²) < 4.78 is 0. The zero-order valence-electron chi connectivity index (χ0n) is 13.1. The van der Waals surface area contributed by atoms with Crippen molar-refractivity contribution in [3.05, 3.63) is 59.2 Å². The molecule has 0 saturated heterocycles. The van der Waals surface area contributed by atoms with Gasteiger partial charge in [-0.2, -0.15) is 0 Å². The third-order valence-electron chi connectivity index (χ3n) is 4.49. The first-order valence-electron chi connectivity index (χ1n) is 8.17. The van der Waals surface area contributed by atoms with E-state index in [0.29, 0.717) is 6.42 Å². The molecule has 0 radical (unpaired) electrons. The predicted molar refractivity (Wildman–Crippen MR) is 90.9 cm³/mol. The zero-order chi connectivity index (χ0) is 15.5. The number of rotatable bonds is 2. The van der Waals surface area contributed by atoms with Gasteiger partial charge in [0.05, 0.1) is 6.04 Å². The summed E-state index contributed by atoms with van der Waals surface area (Å²) in [5.74, 6) is 0.187. The Morgan fingerprint density at radius 3 is 2.45 bits per heavy atom. The highest BCUT2D eigenvalue weighted by molar-refractivity contribution is 5.86. The van der Waals surface area contributed by atoms with Crippen molar-refractivity contribution in [3.8, 4) is 11.1 Å². The Kier molecular flexibility index (Phi) is 4.39. The molecule has 0 amide bonds. The molecule has 0 saturated carbocycles. The summed E-state index contributed by atoms with van der Waals surface area (Å²) in [4.78, 5) is 11.7. The van der Waals surface area contributed by atoms with E-state index in [0.717, 1.165) is 25.7 Å². The topological polar surface area (TPSA) is 43.1 Å². The third-order valence-corrected chi connectivity index (χ3v) is 4.49. The van der Waals surface area contributed by atoms with Crippen molar-refractivity contribution in [2.24, 2.45) is 5.73 Å². The number of carbonyl (C=O) groups is 1. The molecule has 2 nitrogen and oxygen atoms in total. The van der Waals surface area contributed by atoms with Crippen LogP contribution in [0.1, 0.15) is 36.5 Å². The van der Waals surface area contributed by atoms with E-state index in [9.17, 15) is 4.79 Å². The van der Waals surface area contributed by atoms with Crippen LogP contribution in [0.4, 0.5) is 0 Å². The van der Waals surface area contributed by atoms with Crippen molar-refractivity contribution in [1.82, 2.24) is 0 Å². The van der Waals surface area contributed by atoms with Gasteiger partial charge in [0.15, 0.2) is 5.78 Å². The maximum absolute atomic E-state index is 11.7. The molecule has 0 heterocycles. The summed E-state index contributed by atoms with van der Waals surface area (Å²) in [6, 6.07) is 14.5. The number of benzene rings is 2. The summed E-state index contributed by atoms with van der Waals surface area (Å²) in [7, 11) is 0. The number of hydrogen-bond acceptors (Lipinski definition) is 2. The van der Waals surface area contributed by atoms with Gasteiger partial charge in [-0.05, 0) is 53.1 Å². The maximum Gasteiger partial charge on any atom is 0.153 e. The molecule has 3 aliphatic rings. The van der Waals surface area contributed by atoms with Crippen LogP contribution in [-0.4, -0.2) is 11.8 Å². The molecule has 22 heavy (non-hydrogen) atoms. The van der Waals surface area contributed by atoms with Crippen molar-refractivity contribution >= 4 is 5.78 Å². The summed E-state index contributed by atoms with van der Waals surface area (Å²) in [6.07, 6.45) is 4.53. The van der Waals surface area contributed by atoms with Crippen molar-refractivity contribution in [2.75, 3.05) is 0 Å². The van der Waals surface area contributed by atoms with Crippen LogP contribution in [0.2, 0.25) is 0 Å². The molecule has 0 fully saturated rings. The molecule has 0 bridgehead atoms. The molecule has 2 N–H and O–H groups in total. The van der Waals surface area contributed by atoms with E-state index in [2.05, 4.69) is 49.4 Å². The molecule has 4 rings (SSSR count). The molecular weight excluding hydrogens is 270 g/mol. The fourth-order valence-corrected chi connectivity index (χ4v) is 3.13. The lowest BCUT2D eigenvalue weighted by Crippen LogP contribution is -2.30. The molecular formula is C20H23NO. The quantitative estimate of drug-likeness (QED) is 0.732. The van der Waals surface area contributed by atoms with Crippen LogP contribution in [0.3, 0.4) is 0 Å². The number of Topliss-reactive ketones (excluding diaryl/α,β-unsaturated/α-hetero) is 1. The zero-order valence-corrected chi connectivity index (χ0v) is 13.1. The number of carbonyl (C=O) groups excluding carboxylic acids is 1. The Morgan fingerprint density at radius 1 is 1.14 bits per heavy atom. The first kappa shape index (κ1) is 15.0. The highest BCUT2D eigenvalue weighted by Crippen LogP contribution is 2.32. The predicted octanol–water partition coefficient (Wildman–Crippen LogP) is 3.69.